The monoisotopic (exact) mass is 315 g/mol. The Morgan fingerprint density at radius 1 is 1.32 bits per heavy atom. The summed E-state index contributed by atoms with van der Waals surface area (Å²) in [6.45, 7) is 2.66. The zero-order chi connectivity index (χ0) is 15.4. The molecule has 0 radical (unpaired) electrons. The normalized spacial score (nSPS) is 17.5. The molecule has 1 atom stereocenters. The summed E-state index contributed by atoms with van der Waals surface area (Å²) in [7, 11) is 0. The fraction of sp³-hybridized carbons (Fsp3) is 0.294. The van der Waals surface area contributed by atoms with Crippen LogP contribution >= 0.6 is 11.6 Å². The van der Waals surface area contributed by atoms with Gasteiger partial charge in [0, 0.05) is 36.5 Å². The molecule has 4 nitrogen and oxygen atoms in total. The van der Waals surface area contributed by atoms with Crippen molar-refractivity contribution in [3.05, 3.63) is 59.4 Å². The second kappa shape index (κ2) is 6.79. The molecule has 1 saturated heterocycles. The number of nitrogens with zero attached hydrogens (tertiary/aromatic N) is 2. The van der Waals surface area contributed by atoms with E-state index in [1.165, 1.54) is 5.69 Å². The number of rotatable bonds is 4. The summed E-state index contributed by atoms with van der Waals surface area (Å²) in [6, 6.07) is 13.6. The van der Waals surface area contributed by atoms with Gasteiger partial charge in [-0.1, -0.05) is 29.8 Å². The summed E-state index contributed by atoms with van der Waals surface area (Å²) in [6.07, 6.45) is 2.63. The third-order valence-corrected chi connectivity index (χ3v) is 4.15. The van der Waals surface area contributed by atoms with E-state index in [2.05, 4.69) is 39.5 Å². The van der Waals surface area contributed by atoms with Crippen molar-refractivity contribution in [2.45, 2.75) is 6.42 Å². The van der Waals surface area contributed by atoms with E-state index in [4.69, 9.17) is 11.6 Å². The van der Waals surface area contributed by atoms with Gasteiger partial charge in [0.15, 0.2) is 0 Å². The topological polar surface area (TPSA) is 45.2 Å². The van der Waals surface area contributed by atoms with Gasteiger partial charge in [0.1, 0.15) is 5.69 Å². The SMILES string of the molecule is O=C(NC[C@@H]1CCN(c2ccccc2)C1)c1cc(Cl)ccn1. The summed E-state index contributed by atoms with van der Waals surface area (Å²) >= 11 is 5.88. The van der Waals surface area contributed by atoms with Crippen LogP contribution in [0.3, 0.4) is 0 Å². The molecule has 2 aromatic rings. The van der Waals surface area contributed by atoms with Crippen molar-refractivity contribution in [1.29, 1.82) is 0 Å². The molecule has 0 unspecified atom stereocenters. The molecular weight excluding hydrogens is 298 g/mol. The number of carbonyl (C=O) groups excluding carboxylic acids is 1. The highest BCUT2D eigenvalue weighted by Gasteiger charge is 2.23. The number of carbonyl (C=O) groups is 1. The van der Waals surface area contributed by atoms with Crippen LogP contribution in [-0.2, 0) is 0 Å². The predicted molar refractivity (Wildman–Crippen MR) is 88.3 cm³/mol. The molecule has 1 fully saturated rings. The number of nitrogens with one attached hydrogen (secondary N) is 1. The van der Waals surface area contributed by atoms with Crippen molar-refractivity contribution in [2.24, 2.45) is 5.92 Å². The Morgan fingerprint density at radius 3 is 2.91 bits per heavy atom. The first-order chi connectivity index (χ1) is 10.7. The van der Waals surface area contributed by atoms with E-state index in [-0.39, 0.29) is 5.91 Å². The van der Waals surface area contributed by atoms with Crippen LogP contribution in [0.2, 0.25) is 5.02 Å². The van der Waals surface area contributed by atoms with E-state index >= 15 is 0 Å². The van der Waals surface area contributed by atoms with Gasteiger partial charge in [-0.3, -0.25) is 9.78 Å². The number of halogens is 1. The summed E-state index contributed by atoms with van der Waals surface area (Å²) < 4.78 is 0. The van der Waals surface area contributed by atoms with Gasteiger partial charge in [0.05, 0.1) is 0 Å². The fourth-order valence-electron chi connectivity index (χ4n) is 2.73. The molecule has 2 heterocycles. The summed E-state index contributed by atoms with van der Waals surface area (Å²) in [5.74, 6) is 0.295. The van der Waals surface area contributed by atoms with Crippen molar-refractivity contribution in [3.8, 4) is 0 Å². The maximum Gasteiger partial charge on any atom is 0.269 e. The van der Waals surface area contributed by atoms with Crippen molar-refractivity contribution in [1.82, 2.24) is 10.3 Å². The number of benzene rings is 1. The number of anilines is 1. The number of hydrogen-bond acceptors (Lipinski definition) is 3. The van der Waals surface area contributed by atoms with Crippen LogP contribution in [0.5, 0.6) is 0 Å². The van der Waals surface area contributed by atoms with E-state index in [9.17, 15) is 4.79 Å². The maximum absolute atomic E-state index is 12.1. The Bertz CT molecular complexity index is 647. The Balaban J connectivity index is 1.52. The lowest BCUT2D eigenvalue weighted by atomic mass is 10.1. The molecular formula is C17H18ClN3O. The van der Waals surface area contributed by atoms with Gasteiger partial charge in [-0.25, -0.2) is 0 Å². The highest BCUT2D eigenvalue weighted by molar-refractivity contribution is 6.30. The smallest absolute Gasteiger partial charge is 0.269 e. The second-order valence-electron chi connectivity index (χ2n) is 5.51. The van der Waals surface area contributed by atoms with Crippen LogP contribution in [0, 0.1) is 5.92 Å². The first kappa shape index (κ1) is 14.9. The van der Waals surface area contributed by atoms with Gasteiger partial charge in [0.2, 0.25) is 0 Å². The van der Waals surface area contributed by atoms with Gasteiger partial charge < -0.3 is 10.2 Å². The molecule has 1 amide bonds. The maximum atomic E-state index is 12.1. The van der Waals surface area contributed by atoms with Crippen LogP contribution in [0.4, 0.5) is 5.69 Å². The highest BCUT2D eigenvalue weighted by Crippen LogP contribution is 2.23. The molecule has 5 heteroatoms. The number of aromatic nitrogens is 1. The molecule has 22 heavy (non-hydrogen) atoms. The molecule has 1 aliphatic heterocycles. The van der Waals surface area contributed by atoms with E-state index < -0.39 is 0 Å². The molecule has 0 saturated carbocycles. The van der Waals surface area contributed by atoms with Crippen LogP contribution in [0.15, 0.2) is 48.7 Å². The van der Waals surface area contributed by atoms with E-state index in [0.29, 0.717) is 23.2 Å². The van der Waals surface area contributed by atoms with E-state index in [1.807, 2.05) is 6.07 Å². The van der Waals surface area contributed by atoms with E-state index in [0.717, 1.165) is 19.5 Å². The fourth-order valence-corrected chi connectivity index (χ4v) is 2.89. The van der Waals surface area contributed by atoms with E-state index in [1.54, 1.807) is 18.3 Å². The van der Waals surface area contributed by atoms with Crippen molar-refractivity contribution in [3.63, 3.8) is 0 Å². The molecule has 1 aliphatic rings. The average molecular weight is 316 g/mol. The standard InChI is InChI=1S/C17H18ClN3O/c18-14-6-8-19-16(10-14)17(22)20-11-13-7-9-21(12-13)15-4-2-1-3-5-15/h1-6,8,10,13H,7,9,11-12H2,(H,20,22)/t13-/m0/s1. The van der Waals surface area contributed by atoms with Crippen molar-refractivity contribution in [2.75, 3.05) is 24.5 Å². The third-order valence-electron chi connectivity index (χ3n) is 3.91. The summed E-state index contributed by atoms with van der Waals surface area (Å²) in [5, 5.41) is 3.48. The molecule has 0 spiro atoms. The number of hydrogen-bond donors (Lipinski definition) is 1. The molecule has 114 valence electrons. The van der Waals surface area contributed by atoms with Gasteiger partial charge in [-0.15, -0.1) is 0 Å². The van der Waals surface area contributed by atoms with Crippen LogP contribution in [0.1, 0.15) is 16.9 Å². The van der Waals surface area contributed by atoms with Crippen LogP contribution < -0.4 is 10.2 Å². The molecule has 1 aromatic carbocycles. The van der Waals surface area contributed by atoms with Crippen molar-refractivity contribution < 1.29 is 4.79 Å². The Kier molecular flexibility index (Phi) is 4.59. The van der Waals surface area contributed by atoms with Crippen LogP contribution in [-0.4, -0.2) is 30.5 Å². The number of amides is 1. The average Bonchev–Trinajstić information content (AvgIpc) is 3.02. The zero-order valence-electron chi connectivity index (χ0n) is 12.2. The summed E-state index contributed by atoms with van der Waals surface area (Å²) in [4.78, 5) is 18.5. The van der Waals surface area contributed by atoms with Crippen LogP contribution in [0.25, 0.3) is 0 Å². The Labute approximate surface area is 135 Å². The minimum absolute atomic E-state index is 0.166. The van der Waals surface area contributed by atoms with Gasteiger partial charge >= 0.3 is 0 Å². The highest BCUT2D eigenvalue weighted by atomic mass is 35.5. The first-order valence-electron chi connectivity index (χ1n) is 7.42. The molecule has 3 rings (SSSR count). The largest absolute Gasteiger partial charge is 0.371 e. The lowest BCUT2D eigenvalue weighted by Gasteiger charge is -2.18. The molecule has 1 aromatic heterocycles. The third kappa shape index (κ3) is 3.57. The predicted octanol–water partition coefficient (Wildman–Crippen LogP) is 2.99. The van der Waals surface area contributed by atoms with Gasteiger partial charge in [-0.2, -0.15) is 0 Å². The quantitative estimate of drug-likeness (QED) is 0.943. The minimum atomic E-state index is -0.166. The number of pyridine rings is 1. The second-order valence-corrected chi connectivity index (χ2v) is 5.94. The molecule has 1 N–H and O–H groups in total. The first-order valence-corrected chi connectivity index (χ1v) is 7.80. The molecule has 0 aliphatic carbocycles. The minimum Gasteiger partial charge on any atom is -0.371 e. The Hall–Kier alpha value is -2.07. The van der Waals surface area contributed by atoms with Gasteiger partial charge in [-0.05, 0) is 36.6 Å². The Morgan fingerprint density at radius 2 is 2.14 bits per heavy atom. The zero-order valence-corrected chi connectivity index (χ0v) is 13.0. The number of para-hydroxylation sites is 1. The lowest BCUT2D eigenvalue weighted by Crippen LogP contribution is -2.31. The van der Waals surface area contributed by atoms with Gasteiger partial charge in [0.25, 0.3) is 5.91 Å². The lowest BCUT2D eigenvalue weighted by molar-refractivity contribution is 0.0943. The molecule has 0 bridgehead atoms. The summed E-state index contributed by atoms with van der Waals surface area (Å²) in [5.41, 5.74) is 1.61. The van der Waals surface area contributed by atoms with Crippen molar-refractivity contribution >= 4 is 23.2 Å².